The SMILES string of the molecule is Cc1c(OCC(=O)N2CCS(=O)(=O)CC2)ccc2c3c(c(=O)oc12)CCCC3. The molecule has 0 unspecified atom stereocenters. The van der Waals surface area contributed by atoms with E-state index in [4.69, 9.17) is 9.15 Å². The fourth-order valence-corrected chi connectivity index (χ4v) is 5.18. The number of nitrogens with zero attached hydrogens (tertiary/aromatic N) is 1. The van der Waals surface area contributed by atoms with Crippen LogP contribution in [0.2, 0.25) is 0 Å². The Morgan fingerprint density at radius 3 is 2.54 bits per heavy atom. The van der Waals surface area contributed by atoms with Gasteiger partial charge < -0.3 is 14.1 Å². The Morgan fingerprint density at radius 2 is 1.82 bits per heavy atom. The first-order valence-electron chi connectivity index (χ1n) is 9.55. The van der Waals surface area contributed by atoms with Gasteiger partial charge in [-0.25, -0.2) is 13.2 Å². The molecule has 0 saturated carbocycles. The number of benzene rings is 1. The number of hydrogen-bond donors (Lipinski definition) is 0. The van der Waals surface area contributed by atoms with E-state index in [1.807, 2.05) is 13.0 Å². The highest BCUT2D eigenvalue weighted by Gasteiger charge is 2.25. The first-order valence-corrected chi connectivity index (χ1v) is 11.4. The lowest BCUT2D eigenvalue weighted by atomic mass is 9.90. The standard InChI is InChI=1S/C20H23NO6S/c1-13-17(26-12-18(22)21-8-10-28(24,25)11-9-21)7-6-15-14-4-2-3-5-16(14)20(23)27-19(13)15/h6-7H,2-5,8-12H2,1H3. The summed E-state index contributed by atoms with van der Waals surface area (Å²) in [5, 5.41) is 0.937. The maximum absolute atomic E-state index is 12.3. The molecule has 150 valence electrons. The molecule has 0 atom stereocenters. The van der Waals surface area contributed by atoms with E-state index in [0.29, 0.717) is 16.9 Å². The van der Waals surface area contributed by atoms with Crippen LogP contribution in [0.25, 0.3) is 11.0 Å². The molecule has 1 amide bonds. The fraction of sp³-hybridized carbons (Fsp3) is 0.500. The monoisotopic (exact) mass is 405 g/mol. The van der Waals surface area contributed by atoms with Crippen molar-refractivity contribution in [3.8, 4) is 5.75 Å². The van der Waals surface area contributed by atoms with E-state index < -0.39 is 9.84 Å². The third-order valence-electron chi connectivity index (χ3n) is 5.64. The molecule has 1 fully saturated rings. The maximum Gasteiger partial charge on any atom is 0.339 e. The van der Waals surface area contributed by atoms with Crippen LogP contribution >= 0.6 is 0 Å². The largest absolute Gasteiger partial charge is 0.483 e. The number of hydrogen-bond acceptors (Lipinski definition) is 6. The Labute approximate surface area is 163 Å². The molecule has 2 aromatic rings. The van der Waals surface area contributed by atoms with E-state index >= 15 is 0 Å². The molecule has 7 nitrogen and oxygen atoms in total. The van der Waals surface area contributed by atoms with Crippen LogP contribution in [0.4, 0.5) is 0 Å². The summed E-state index contributed by atoms with van der Waals surface area (Å²) in [6, 6.07) is 3.70. The number of carbonyl (C=O) groups is 1. The van der Waals surface area contributed by atoms with Crippen molar-refractivity contribution in [3.05, 3.63) is 39.2 Å². The van der Waals surface area contributed by atoms with Crippen molar-refractivity contribution in [2.24, 2.45) is 0 Å². The lowest BCUT2D eigenvalue weighted by molar-refractivity contribution is -0.133. The minimum absolute atomic E-state index is 0.00991. The highest BCUT2D eigenvalue weighted by atomic mass is 32.2. The van der Waals surface area contributed by atoms with Gasteiger partial charge in [-0.05, 0) is 50.3 Å². The van der Waals surface area contributed by atoms with Crippen molar-refractivity contribution in [1.82, 2.24) is 4.90 Å². The minimum atomic E-state index is -3.04. The zero-order valence-corrected chi connectivity index (χ0v) is 16.6. The maximum atomic E-state index is 12.3. The molecule has 1 aliphatic carbocycles. The van der Waals surface area contributed by atoms with Crippen molar-refractivity contribution < 1.29 is 22.4 Å². The number of rotatable bonds is 3. The Morgan fingerprint density at radius 1 is 1.14 bits per heavy atom. The molecule has 0 radical (unpaired) electrons. The number of ether oxygens (including phenoxy) is 1. The number of carbonyl (C=O) groups excluding carboxylic acids is 1. The zero-order chi connectivity index (χ0) is 19.9. The number of aryl methyl sites for hydroxylation is 2. The first kappa shape index (κ1) is 19.0. The van der Waals surface area contributed by atoms with E-state index in [1.54, 1.807) is 6.07 Å². The summed E-state index contributed by atoms with van der Waals surface area (Å²) in [5.74, 6) is 0.222. The molecular weight excluding hydrogens is 382 g/mol. The lowest BCUT2D eigenvalue weighted by Crippen LogP contribution is -2.45. The highest BCUT2D eigenvalue weighted by molar-refractivity contribution is 7.91. The van der Waals surface area contributed by atoms with Gasteiger partial charge >= 0.3 is 5.63 Å². The van der Waals surface area contributed by atoms with Gasteiger partial charge in [0.05, 0.1) is 11.5 Å². The van der Waals surface area contributed by atoms with Crippen molar-refractivity contribution in [2.45, 2.75) is 32.6 Å². The Bertz CT molecular complexity index is 1090. The minimum Gasteiger partial charge on any atom is -0.483 e. The van der Waals surface area contributed by atoms with Gasteiger partial charge in [-0.1, -0.05) is 0 Å². The molecule has 2 heterocycles. The topological polar surface area (TPSA) is 93.9 Å². The van der Waals surface area contributed by atoms with E-state index in [2.05, 4.69) is 0 Å². The van der Waals surface area contributed by atoms with Crippen molar-refractivity contribution in [1.29, 1.82) is 0 Å². The molecule has 1 aromatic carbocycles. The van der Waals surface area contributed by atoms with Gasteiger partial charge in [-0.3, -0.25) is 4.79 Å². The third-order valence-corrected chi connectivity index (χ3v) is 7.25. The van der Waals surface area contributed by atoms with Crippen LogP contribution in [0.5, 0.6) is 5.75 Å². The van der Waals surface area contributed by atoms with Crippen LogP contribution in [0.3, 0.4) is 0 Å². The Balaban J connectivity index is 1.54. The van der Waals surface area contributed by atoms with Crippen molar-refractivity contribution >= 4 is 26.7 Å². The van der Waals surface area contributed by atoms with Gasteiger partial charge in [0.1, 0.15) is 11.3 Å². The van der Waals surface area contributed by atoms with Crippen molar-refractivity contribution in [2.75, 3.05) is 31.2 Å². The molecule has 0 N–H and O–H groups in total. The van der Waals surface area contributed by atoms with E-state index in [0.717, 1.165) is 42.2 Å². The summed E-state index contributed by atoms with van der Waals surface area (Å²) in [4.78, 5) is 26.2. The number of fused-ring (bicyclic) bond motifs is 3. The third kappa shape index (κ3) is 3.53. The lowest BCUT2D eigenvalue weighted by Gasteiger charge is -2.26. The van der Waals surface area contributed by atoms with Crippen molar-refractivity contribution in [3.63, 3.8) is 0 Å². The van der Waals surface area contributed by atoms with Gasteiger partial charge in [0, 0.05) is 29.6 Å². The molecule has 1 aliphatic heterocycles. The van der Waals surface area contributed by atoms with Crippen LogP contribution in [-0.2, 0) is 27.5 Å². The van der Waals surface area contributed by atoms with Crippen LogP contribution in [0.15, 0.2) is 21.3 Å². The molecule has 0 bridgehead atoms. The van der Waals surface area contributed by atoms with E-state index in [-0.39, 0.29) is 42.7 Å². The first-order chi connectivity index (χ1) is 13.4. The normalized spacial score (nSPS) is 18.7. The van der Waals surface area contributed by atoms with Gasteiger partial charge in [-0.15, -0.1) is 0 Å². The number of amides is 1. The second-order valence-electron chi connectivity index (χ2n) is 7.44. The average molecular weight is 405 g/mol. The molecule has 1 aromatic heterocycles. The van der Waals surface area contributed by atoms with Crippen LogP contribution in [-0.4, -0.2) is 50.4 Å². The summed E-state index contributed by atoms with van der Waals surface area (Å²) < 4.78 is 34.3. The summed E-state index contributed by atoms with van der Waals surface area (Å²) in [6.45, 7) is 2.03. The molecule has 1 saturated heterocycles. The quantitative estimate of drug-likeness (QED) is 0.721. The fourth-order valence-electron chi connectivity index (χ4n) is 3.97. The molecule has 4 rings (SSSR count). The average Bonchev–Trinajstić information content (AvgIpc) is 2.68. The van der Waals surface area contributed by atoms with Gasteiger partial charge in [-0.2, -0.15) is 0 Å². The zero-order valence-electron chi connectivity index (χ0n) is 15.8. The molecule has 28 heavy (non-hydrogen) atoms. The van der Waals surface area contributed by atoms with Gasteiger partial charge in [0.25, 0.3) is 5.91 Å². The Hall–Kier alpha value is -2.35. The van der Waals surface area contributed by atoms with Gasteiger partial charge in [0.15, 0.2) is 16.4 Å². The van der Waals surface area contributed by atoms with Gasteiger partial charge in [0.2, 0.25) is 0 Å². The van der Waals surface area contributed by atoms with Crippen LogP contribution in [0, 0.1) is 6.92 Å². The molecule has 2 aliphatic rings. The molecule has 0 spiro atoms. The Kier molecular flexibility index (Phi) is 4.91. The van der Waals surface area contributed by atoms with Crippen LogP contribution in [0.1, 0.15) is 29.5 Å². The van der Waals surface area contributed by atoms with Crippen LogP contribution < -0.4 is 10.4 Å². The van der Waals surface area contributed by atoms with E-state index in [9.17, 15) is 18.0 Å². The summed E-state index contributed by atoms with van der Waals surface area (Å²) >= 11 is 0. The molecule has 8 heteroatoms. The van der Waals surface area contributed by atoms with E-state index in [1.165, 1.54) is 4.90 Å². The second kappa shape index (κ2) is 7.24. The summed E-state index contributed by atoms with van der Waals surface area (Å²) in [6.07, 6.45) is 3.69. The summed E-state index contributed by atoms with van der Waals surface area (Å²) in [7, 11) is -3.04. The highest BCUT2D eigenvalue weighted by Crippen LogP contribution is 2.32. The predicted molar refractivity (Wildman–Crippen MR) is 105 cm³/mol. The second-order valence-corrected chi connectivity index (χ2v) is 9.74. The summed E-state index contributed by atoms with van der Waals surface area (Å²) in [5.41, 5.74) is 2.77. The molecular formula is C20H23NO6S. The predicted octanol–water partition coefficient (Wildman–Crippen LogP) is 1.62. The smallest absolute Gasteiger partial charge is 0.339 e. The number of sulfone groups is 1.